The third-order valence-electron chi connectivity index (χ3n) is 3.32. The first-order valence-corrected chi connectivity index (χ1v) is 7.05. The average Bonchev–Trinajstić information content (AvgIpc) is 2.50. The monoisotopic (exact) mass is 334 g/mol. The predicted octanol–water partition coefficient (Wildman–Crippen LogP) is 1.30. The van der Waals surface area contributed by atoms with E-state index in [4.69, 9.17) is 16.7 Å². The summed E-state index contributed by atoms with van der Waals surface area (Å²) in [6.07, 6.45) is -0.139. The Morgan fingerprint density at radius 2 is 2.00 bits per heavy atom. The average molecular weight is 335 g/mol. The van der Waals surface area contributed by atoms with Crippen LogP contribution in [-0.2, 0) is 4.79 Å². The molecule has 4 N–H and O–H groups in total. The number of hydrogen-bond donors (Lipinski definition) is 4. The van der Waals surface area contributed by atoms with Gasteiger partial charge in [-0.25, -0.2) is 4.98 Å². The number of hydrogen-bond acceptors (Lipinski definition) is 5. The Bertz CT molecular complexity index is 1040. The summed E-state index contributed by atoms with van der Waals surface area (Å²) in [7, 11) is 0. The standard InChI is InChI=1S/C14H11ClN4O4/c15-6-1-2-7-8(5-6)17-12-10(13(22)18-19-14(12)23)11(7)16-4-3-9(20)21/h1-2,5H,3-4H2,(H,16,17)(H,18,22)(H,19,23)(H,20,21). The maximum atomic E-state index is 12.1. The number of anilines is 1. The van der Waals surface area contributed by atoms with Gasteiger partial charge in [0.25, 0.3) is 11.1 Å². The van der Waals surface area contributed by atoms with Gasteiger partial charge in [0.15, 0.2) is 0 Å². The molecular formula is C14H11ClN4O4. The largest absolute Gasteiger partial charge is 0.481 e. The zero-order valence-corrected chi connectivity index (χ0v) is 12.4. The van der Waals surface area contributed by atoms with Crippen LogP contribution in [0.5, 0.6) is 0 Å². The number of carboxylic acid groups (broad SMARTS) is 1. The highest BCUT2D eigenvalue weighted by Crippen LogP contribution is 2.29. The minimum absolute atomic E-state index is 0.0404. The number of benzene rings is 1. The molecule has 0 unspecified atom stereocenters. The van der Waals surface area contributed by atoms with Gasteiger partial charge in [-0.15, -0.1) is 0 Å². The highest BCUT2D eigenvalue weighted by Gasteiger charge is 2.15. The second-order valence-corrected chi connectivity index (χ2v) is 5.29. The number of rotatable bonds is 4. The molecule has 3 rings (SSSR count). The summed E-state index contributed by atoms with van der Waals surface area (Å²) < 4.78 is 0. The minimum Gasteiger partial charge on any atom is -0.481 e. The molecule has 1 aromatic carbocycles. The van der Waals surface area contributed by atoms with Crippen molar-refractivity contribution in [1.82, 2.24) is 15.2 Å². The van der Waals surface area contributed by atoms with Crippen LogP contribution in [0.4, 0.5) is 5.69 Å². The SMILES string of the molecule is O=C(O)CCNc1c2ccc(Cl)cc2nc2c(=O)[nH][nH]c(=O)c12. The molecule has 0 aliphatic carbocycles. The molecule has 2 heterocycles. The molecule has 2 aromatic heterocycles. The topological polar surface area (TPSA) is 128 Å². The van der Waals surface area contributed by atoms with Crippen molar-refractivity contribution in [2.75, 3.05) is 11.9 Å². The van der Waals surface area contributed by atoms with Gasteiger partial charge in [0, 0.05) is 17.0 Å². The lowest BCUT2D eigenvalue weighted by molar-refractivity contribution is -0.136. The van der Waals surface area contributed by atoms with Crippen LogP contribution in [0.2, 0.25) is 5.02 Å². The summed E-state index contributed by atoms with van der Waals surface area (Å²) in [6, 6.07) is 4.86. The van der Waals surface area contributed by atoms with Gasteiger partial charge in [0.2, 0.25) is 0 Å². The van der Waals surface area contributed by atoms with Gasteiger partial charge in [-0.05, 0) is 18.2 Å². The van der Waals surface area contributed by atoms with Crippen molar-refractivity contribution in [3.8, 4) is 0 Å². The van der Waals surface area contributed by atoms with E-state index in [2.05, 4.69) is 20.5 Å². The molecule has 0 saturated heterocycles. The fourth-order valence-corrected chi connectivity index (χ4v) is 2.50. The maximum absolute atomic E-state index is 12.1. The molecule has 0 radical (unpaired) electrons. The second kappa shape index (κ2) is 5.73. The zero-order valence-electron chi connectivity index (χ0n) is 11.6. The molecule has 118 valence electrons. The Hall–Kier alpha value is -2.87. The summed E-state index contributed by atoms with van der Waals surface area (Å²) in [5.74, 6) is -0.977. The van der Waals surface area contributed by atoms with Crippen molar-refractivity contribution < 1.29 is 9.90 Å². The van der Waals surface area contributed by atoms with Crippen molar-refractivity contribution in [2.24, 2.45) is 0 Å². The third-order valence-corrected chi connectivity index (χ3v) is 3.56. The first kappa shape index (κ1) is 15.0. The number of halogens is 1. The highest BCUT2D eigenvalue weighted by atomic mass is 35.5. The third kappa shape index (κ3) is 2.76. The number of carboxylic acids is 1. The molecule has 0 bridgehead atoms. The summed E-state index contributed by atoms with van der Waals surface area (Å²) in [5.41, 5.74) is -0.333. The number of aromatic nitrogens is 3. The number of aliphatic carboxylic acids is 1. The fourth-order valence-electron chi connectivity index (χ4n) is 2.34. The lowest BCUT2D eigenvalue weighted by Crippen LogP contribution is -2.22. The van der Waals surface area contributed by atoms with Crippen LogP contribution in [0.3, 0.4) is 0 Å². The predicted molar refractivity (Wildman–Crippen MR) is 86.2 cm³/mol. The summed E-state index contributed by atoms with van der Waals surface area (Å²) in [4.78, 5) is 38.9. The van der Waals surface area contributed by atoms with Gasteiger partial charge in [-0.3, -0.25) is 24.6 Å². The first-order chi connectivity index (χ1) is 11.0. The van der Waals surface area contributed by atoms with Crippen LogP contribution in [0.15, 0.2) is 27.8 Å². The van der Waals surface area contributed by atoms with Gasteiger partial charge in [0.1, 0.15) is 5.52 Å². The molecule has 0 saturated carbocycles. The molecule has 3 aromatic rings. The Labute approximate surface area is 133 Å². The molecule has 23 heavy (non-hydrogen) atoms. The van der Waals surface area contributed by atoms with Crippen LogP contribution < -0.4 is 16.4 Å². The minimum atomic E-state index is -0.977. The first-order valence-electron chi connectivity index (χ1n) is 6.67. The van der Waals surface area contributed by atoms with E-state index in [1.54, 1.807) is 18.2 Å². The number of fused-ring (bicyclic) bond motifs is 2. The van der Waals surface area contributed by atoms with Crippen molar-refractivity contribution in [2.45, 2.75) is 6.42 Å². The molecule has 0 amide bonds. The van der Waals surface area contributed by atoms with Gasteiger partial charge < -0.3 is 10.4 Å². The van der Waals surface area contributed by atoms with Crippen molar-refractivity contribution >= 4 is 45.1 Å². The van der Waals surface area contributed by atoms with Gasteiger partial charge in [0.05, 0.1) is 23.0 Å². The summed E-state index contributed by atoms with van der Waals surface area (Å²) in [6.45, 7) is 0.0956. The van der Waals surface area contributed by atoms with E-state index in [-0.39, 0.29) is 23.9 Å². The summed E-state index contributed by atoms with van der Waals surface area (Å²) >= 11 is 5.95. The number of nitrogens with one attached hydrogen (secondary N) is 3. The quantitative estimate of drug-likeness (QED) is 0.532. The summed E-state index contributed by atoms with van der Waals surface area (Å²) in [5, 5.41) is 17.2. The fraction of sp³-hybridized carbons (Fsp3) is 0.143. The number of nitrogens with zero attached hydrogens (tertiary/aromatic N) is 1. The van der Waals surface area contributed by atoms with E-state index >= 15 is 0 Å². The Kier molecular flexibility index (Phi) is 3.75. The van der Waals surface area contributed by atoms with Crippen LogP contribution >= 0.6 is 11.6 Å². The molecule has 0 aliphatic heterocycles. The van der Waals surface area contributed by atoms with E-state index in [9.17, 15) is 14.4 Å². The molecule has 0 aliphatic rings. The van der Waals surface area contributed by atoms with Crippen LogP contribution in [0.25, 0.3) is 21.8 Å². The molecule has 0 fully saturated rings. The molecule has 9 heteroatoms. The number of H-pyrrole nitrogens is 2. The van der Waals surface area contributed by atoms with Gasteiger partial charge in [-0.2, -0.15) is 0 Å². The molecule has 0 spiro atoms. The van der Waals surface area contributed by atoms with Crippen LogP contribution in [0.1, 0.15) is 6.42 Å². The van der Waals surface area contributed by atoms with Crippen molar-refractivity contribution in [3.05, 3.63) is 43.9 Å². The zero-order chi connectivity index (χ0) is 16.6. The van der Waals surface area contributed by atoms with E-state index in [1.807, 2.05) is 0 Å². The molecular weight excluding hydrogens is 324 g/mol. The molecule has 0 atom stereocenters. The number of carbonyl (C=O) groups is 1. The Balaban J connectivity index is 2.34. The highest BCUT2D eigenvalue weighted by molar-refractivity contribution is 6.31. The lowest BCUT2D eigenvalue weighted by atomic mass is 10.1. The van der Waals surface area contributed by atoms with Crippen molar-refractivity contribution in [3.63, 3.8) is 0 Å². The number of aromatic amines is 2. The smallest absolute Gasteiger partial charge is 0.305 e. The normalized spacial score (nSPS) is 11.0. The Morgan fingerprint density at radius 1 is 1.26 bits per heavy atom. The maximum Gasteiger partial charge on any atom is 0.305 e. The molecule has 8 nitrogen and oxygen atoms in total. The van der Waals surface area contributed by atoms with Gasteiger partial charge >= 0.3 is 5.97 Å². The van der Waals surface area contributed by atoms with E-state index < -0.39 is 17.1 Å². The van der Waals surface area contributed by atoms with Crippen molar-refractivity contribution in [1.29, 1.82) is 0 Å². The Morgan fingerprint density at radius 3 is 2.74 bits per heavy atom. The lowest BCUT2D eigenvalue weighted by Gasteiger charge is -2.11. The van der Waals surface area contributed by atoms with E-state index in [1.165, 1.54) is 0 Å². The number of pyridine rings is 1. The van der Waals surface area contributed by atoms with E-state index in [0.717, 1.165) is 0 Å². The second-order valence-electron chi connectivity index (χ2n) is 4.85. The van der Waals surface area contributed by atoms with Crippen LogP contribution in [-0.4, -0.2) is 32.8 Å². The van der Waals surface area contributed by atoms with E-state index in [0.29, 0.717) is 21.6 Å². The van der Waals surface area contributed by atoms with Gasteiger partial charge in [-0.1, -0.05) is 11.6 Å². The van der Waals surface area contributed by atoms with Crippen LogP contribution in [0, 0.1) is 0 Å².